The third-order valence-electron chi connectivity index (χ3n) is 4.89. The first-order chi connectivity index (χ1) is 12.8. The molecule has 5 rings (SSSR count). The summed E-state index contributed by atoms with van der Waals surface area (Å²) in [5, 5.41) is 14.7. The van der Waals surface area contributed by atoms with Crippen LogP contribution in [-0.4, -0.2) is 21.2 Å². The molecule has 2 atom stereocenters. The van der Waals surface area contributed by atoms with E-state index in [1.807, 2.05) is 30.3 Å². The van der Waals surface area contributed by atoms with Crippen molar-refractivity contribution in [3.63, 3.8) is 0 Å². The van der Waals surface area contributed by atoms with E-state index in [9.17, 15) is 5.11 Å². The molecule has 0 amide bonds. The van der Waals surface area contributed by atoms with Gasteiger partial charge in [-0.15, -0.1) is 0 Å². The van der Waals surface area contributed by atoms with E-state index in [0.717, 1.165) is 32.0 Å². The average molecular weight is 359 g/mol. The maximum absolute atomic E-state index is 10.4. The number of nitrogens with one attached hydrogen (secondary N) is 1. The van der Waals surface area contributed by atoms with Crippen LogP contribution in [-0.2, 0) is 6.42 Å². The van der Waals surface area contributed by atoms with Crippen LogP contribution in [0.4, 0.5) is 5.13 Å². The predicted molar refractivity (Wildman–Crippen MR) is 105 cm³/mol. The smallest absolute Gasteiger partial charge is 0.184 e. The summed E-state index contributed by atoms with van der Waals surface area (Å²) in [5.74, 6) is 0. The van der Waals surface area contributed by atoms with Gasteiger partial charge in [0.1, 0.15) is 0 Å². The van der Waals surface area contributed by atoms with Gasteiger partial charge in [0.05, 0.1) is 22.4 Å². The van der Waals surface area contributed by atoms with Crippen LogP contribution in [0.3, 0.4) is 0 Å². The quantitative estimate of drug-likeness (QED) is 0.568. The van der Waals surface area contributed by atoms with Crippen LogP contribution in [0.15, 0.2) is 67.0 Å². The van der Waals surface area contributed by atoms with Gasteiger partial charge in [0.25, 0.3) is 0 Å². The number of anilines is 1. The van der Waals surface area contributed by atoms with E-state index < -0.39 is 6.10 Å². The minimum Gasteiger partial charge on any atom is -0.390 e. The Hall–Kier alpha value is -2.76. The molecule has 0 spiro atoms. The highest BCUT2D eigenvalue weighted by atomic mass is 32.1. The number of hydrogen-bond acceptors (Lipinski definition) is 5. The Morgan fingerprint density at radius 3 is 2.73 bits per heavy atom. The second kappa shape index (κ2) is 6.20. The van der Waals surface area contributed by atoms with Gasteiger partial charge < -0.3 is 10.4 Å². The predicted octanol–water partition coefficient (Wildman–Crippen LogP) is 4.43. The van der Waals surface area contributed by atoms with Crippen molar-refractivity contribution in [1.82, 2.24) is 9.97 Å². The molecule has 0 aliphatic heterocycles. The highest BCUT2D eigenvalue weighted by Crippen LogP contribution is 2.37. The molecule has 0 saturated heterocycles. The van der Waals surface area contributed by atoms with Gasteiger partial charge in [-0.3, -0.25) is 4.98 Å². The lowest BCUT2D eigenvalue weighted by Crippen LogP contribution is -2.20. The van der Waals surface area contributed by atoms with Crippen molar-refractivity contribution in [3.8, 4) is 11.1 Å². The number of fused-ring (bicyclic) bond motifs is 2. The summed E-state index contributed by atoms with van der Waals surface area (Å²) in [6.07, 6.45) is 3.87. The molecule has 0 saturated carbocycles. The van der Waals surface area contributed by atoms with Gasteiger partial charge in [-0.1, -0.05) is 41.7 Å². The third kappa shape index (κ3) is 2.66. The zero-order chi connectivity index (χ0) is 17.5. The van der Waals surface area contributed by atoms with Gasteiger partial charge in [0.15, 0.2) is 5.13 Å². The van der Waals surface area contributed by atoms with Crippen LogP contribution in [0.2, 0.25) is 0 Å². The van der Waals surface area contributed by atoms with Gasteiger partial charge in [-0.05, 0) is 46.5 Å². The molecular formula is C21H17N3OS. The van der Waals surface area contributed by atoms with Crippen molar-refractivity contribution in [3.05, 3.63) is 78.1 Å². The molecule has 0 unspecified atom stereocenters. The Morgan fingerprint density at radius 1 is 1.00 bits per heavy atom. The second-order valence-corrected chi connectivity index (χ2v) is 7.56. The summed E-state index contributed by atoms with van der Waals surface area (Å²) in [5.41, 5.74) is 5.64. The number of benzene rings is 2. The van der Waals surface area contributed by atoms with E-state index >= 15 is 0 Å². The number of rotatable bonds is 3. The van der Waals surface area contributed by atoms with Crippen molar-refractivity contribution >= 4 is 26.7 Å². The Balaban J connectivity index is 1.47. The first kappa shape index (κ1) is 15.5. The van der Waals surface area contributed by atoms with E-state index in [4.69, 9.17) is 4.98 Å². The van der Waals surface area contributed by atoms with Crippen molar-refractivity contribution < 1.29 is 5.11 Å². The largest absolute Gasteiger partial charge is 0.390 e. The number of aliphatic hydroxyl groups is 1. The fourth-order valence-corrected chi connectivity index (χ4v) is 4.53. The van der Waals surface area contributed by atoms with Gasteiger partial charge in [-0.2, -0.15) is 0 Å². The summed E-state index contributed by atoms with van der Waals surface area (Å²) in [6.45, 7) is 0. The van der Waals surface area contributed by atoms with Gasteiger partial charge in [0, 0.05) is 18.8 Å². The molecule has 4 nitrogen and oxygen atoms in total. The van der Waals surface area contributed by atoms with Crippen LogP contribution < -0.4 is 5.32 Å². The molecule has 2 N–H and O–H groups in total. The second-order valence-electron chi connectivity index (χ2n) is 6.53. The first-order valence-electron chi connectivity index (χ1n) is 8.61. The van der Waals surface area contributed by atoms with E-state index in [2.05, 4.69) is 34.6 Å². The first-order valence-corrected chi connectivity index (χ1v) is 9.43. The molecule has 0 fully saturated rings. The topological polar surface area (TPSA) is 58.0 Å². The van der Waals surface area contributed by atoms with Gasteiger partial charge in [0.2, 0.25) is 0 Å². The van der Waals surface area contributed by atoms with E-state index in [-0.39, 0.29) is 6.04 Å². The fourth-order valence-electron chi connectivity index (χ4n) is 3.59. The van der Waals surface area contributed by atoms with Crippen LogP contribution in [0.1, 0.15) is 17.2 Å². The zero-order valence-electron chi connectivity index (χ0n) is 14.0. The van der Waals surface area contributed by atoms with Crippen molar-refractivity contribution in [2.75, 3.05) is 5.32 Å². The summed E-state index contributed by atoms with van der Waals surface area (Å²) in [4.78, 5) is 8.78. The summed E-state index contributed by atoms with van der Waals surface area (Å²) in [7, 11) is 0. The number of pyridine rings is 1. The average Bonchev–Trinajstić information content (AvgIpc) is 3.22. The lowest BCUT2D eigenvalue weighted by atomic mass is 10.1. The maximum Gasteiger partial charge on any atom is 0.184 e. The van der Waals surface area contributed by atoms with E-state index in [0.29, 0.717) is 6.42 Å². The molecule has 2 aromatic heterocycles. The molecule has 0 bridgehead atoms. The number of hydrogen-bond donors (Lipinski definition) is 2. The number of aromatic nitrogens is 2. The molecule has 26 heavy (non-hydrogen) atoms. The molecular weight excluding hydrogens is 342 g/mol. The highest BCUT2D eigenvalue weighted by molar-refractivity contribution is 7.22. The summed E-state index contributed by atoms with van der Waals surface area (Å²) >= 11 is 1.62. The molecule has 2 heterocycles. The number of nitrogens with zero attached hydrogens (tertiary/aromatic N) is 2. The third-order valence-corrected chi connectivity index (χ3v) is 5.83. The van der Waals surface area contributed by atoms with Crippen LogP contribution >= 0.6 is 11.3 Å². The van der Waals surface area contributed by atoms with Crippen molar-refractivity contribution in [1.29, 1.82) is 0 Å². The summed E-state index contributed by atoms with van der Waals surface area (Å²) < 4.78 is 1.13. The summed E-state index contributed by atoms with van der Waals surface area (Å²) in [6, 6.07) is 18.4. The normalized spacial score (nSPS) is 18.8. The maximum atomic E-state index is 10.4. The molecule has 4 aromatic rings. The van der Waals surface area contributed by atoms with E-state index in [1.165, 1.54) is 5.56 Å². The SMILES string of the molecule is O[C@H]1Cc2ccccc2[C@H]1Nc1nc2ccc(-c3ccncc3)cc2s1. The monoisotopic (exact) mass is 359 g/mol. The highest BCUT2D eigenvalue weighted by Gasteiger charge is 2.31. The Kier molecular flexibility index (Phi) is 3.69. The van der Waals surface area contributed by atoms with Gasteiger partial charge in [-0.25, -0.2) is 4.98 Å². The molecule has 5 heteroatoms. The van der Waals surface area contributed by atoms with Crippen LogP contribution in [0.25, 0.3) is 21.3 Å². The Labute approximate surface area is 155 Å². The Bertz CT molecular complexity index is 1080. The number of thiazole rings is 1. The molecule has 1 aliphatic carbocycles. The molecule has 1 aliphatic rings. The minimum atomic E-state index is -0.424. The Morgan fingerprint density at radius 2 is 1.85 bits per heavy atom. The van der Waals surface area contributed by atoms with Crippen LogP contribution in [0, 0.1) is 0 Å². The number of aliphatic hydroxyl groups excluding tert-OH is 1. The van der Waals surface area contributed by atoms with Crippen molar-refractivity contribution in [2.24, 2.45) is 0 Å². The van der Waals surface area contributed by atoms with Crippen LogP contribution in [0.5, 0.6) is 0 Å². The lowest BCUT2D eigenvalue weighted by Gasteiger charge is -2.16. The molecule has 2 aromatic carbocycles. The lowest BCUT2D eigenvalue weighted by molar-refractivity contribution is 0.166. The van der Waals surface area contributed by atoms with Crippen molar-refractivity contribution in [2.45, 2.75) is 18.6 Å². The van der Waals surface area contributed by atoms with E-state index in [1.54, 1.807) is 23.7 Å². The molecule has 128 valence electrons. The van der Waals surface area contributed by atoms with Gasteiger partial charge >= 0.3 is 0 Å². The molecule has 0 radical (unpaired) electrons. The minimum absolute atomic E-state index is 0.105. The fraction of sp³-hybridized carbons (Fsp3) is 0.143. The standard InChI is InChI=1S/C21H17N3OS/c25-18-11-15-3-1-2-4-16(15)20(18)24-21-23-17-6-5-14(12-19(17)26-21)13-7-9-22-10-8-13/h1-10,12,18,20,25H,11H2,(H,23,24)/t18-,20+/m0/s1. The zero-order valence-corrected chi connectivity index (χ0v) is 14.8.